The number of rotatable bonds is 8. The highest BCUT2D eigenvalue weighted by Gasteiger charge is 2.81. The molecule has 0 aromatic heterocycles. The maximum Gasteiger partial charge on any atom is 0.394 e. The maximum absolute atomic E-state index is 13.3. The Morgan fingerprint density at radius 3 is 2.11 bits per heavy atom. The first-order chi connectivity index (χ1) is 17.3. The Morgan fingerprint density at radius 1 is 0.947 bits per heavy atom. The van der Waals surface area contributed by atoms with Gasteiger partial charge in [-0.25, -0.2) is 4.79 Å². The molecule has 4 nitrogen and oxygen atoms in total. The van der Waals surface area contributed by atoms with Crippen molar-refractivity contribution in [1.29, 1.82) is 0 Å². The first-order valence-corrected chi connectivity index (χ1v) is 13.3. The van der Waals surface area contributed by atoms with Crippen molar-refractivity contribution in [1.82, 2.24) is 0 Å². The molecule has 0 heterocycles. The molecule has 0 unspecified atom stereocenters. The predicted molar refractivity (Wildman–Crippen MR) is 126 cm³/mol. The van der Waals surface area contributed by atoms with E-state index in [0.717, 1.165) is 12.1 Å². The van der Waals surface area contributed by atoms with Crippen LogP contribution in [0.3, 0.4) is 0 Å². The van der Waals surface area contributed by atoms with Gasteiger partial charge < -0.3 is 15.2 Å². The monoisotopic (exact) mass is 567 g/mol. The summed E-state index contributed by atoms with van der Waals surface area (Å²) in [7, 11) is -9.84. The molecule has 0 saturated heterocycles. The minimum Gasteiger partial charge on any atom is -0.486 e. The molecule has 2 bridgehead atoms. The van der Waals surface area contributed by atoms with Crippen molar-refractivity contribution in [2.45, 2.75) is 43.0 Å². The molecular weight excluding hydrogens is 546 g/mol. The number of alkyl halides is 3. The number of benzene rings is 3. The number of hydrogen-bond donors (Lipinski definition) is 2. The molecule has 3 fully saturated rings. The molecule has 3 saturated carbocycles. The number of anilines is 1. The van der Waals surface area contributed by atoms with Gasteiger partial charge in [0.2, 0.25) is 0 Å². The van der Waals surface area contributed by atoms with Crippen molar-refractivity contribution in [3.8, 4) is 5.75 Å². The molecule has 3 aliphatic carbocycles. The van der Waals surface area contributed by atoms with Crippen LogP contribution in [0.1, 0.15) is 24.8 Å². The molecule has 0 amide bonds. The number of ether oxygens (including phenoxy) is 1. The van der Waals surface area contributed by atoms with Gasteiger partial charge in [-0.2, -0.15) is 13.2 Å². The fourth-order valence-corrected chi connectivity index (χ4v) is 6.27. The largest absolute Gasteiger partial charge is 0.486 e. The van der Waals surface area contributed by atoms with Crippen LogP contribution in [0, 0.1) is 10.8 Å². The molecule has 0 spiro atoms. The minimum atomic E-state index is -9.84. The first kappa shape index (κ1) is 26.4. The predicted octanol–water partition coefficient (Wildman–Crippen LogP) is 8.67. The van der Waals surface area contributed by atoms with E-state index in [1.165, 1.54) is 6.07 Å². The third kappa shape index (κ3) is 4.40. The lowest BCUT2D eigenvalue weighted by atomic mass is 9.33. The molecule has 6 rings (SSSR count). The van der Waals surface area contributed by atoms with Crippen LogP contribution in [0.2, 0.25) is 0 Å². The highest BCUT2D eigenvalue weighted by molar-refractivity contribution is 8.45. The van der Waals surface area contributed by atoms with Gasteiger partial charge in [0.05, 0.1) is 11.1 Å². The third-order valence-electron chi connectivity index (χ3n) is 7.46. The van der Waals surface area contributed by atoms with Gasteiger partial charge in [0.25, 0.3) is 0 Å². The van der Waals surface area contributed by atoms with Crippen LogP contribution in [-0.2, 0) is 11.4 Å². The number of halogens is 8. The molecule has 3 aliphatic rings. The topological polar surface area (TPSA) is 58.6 Å². The number of aliphatic carboxylic acids is 1. The lowest BCUT2D eigenvalue weighted by Gasteiger charge is -2.72. The summed E-state index contributed by atoms with van der Waals surface area (Å²) < 4.78 is 111. The summed E-state index contributed by atoms with van der Waals surface area (Å²) in [5, 5.41) is 13.9. The summed E-state index contributed by atoms with van der Waals surface area (Å²) in [5.41, 5.74) is -2.63. The summed E-state index contributed by atoms with van der Waals surface area (Å²) in [5.74, 6) is -1.20. The third-order valence-corrected chi connectivity index (χ3v) is 8.63. The summed E-state index contributed by atoms with van der Waals surface area (Å²) in [6.07, 6.45) is -5.34. The molecule has 3 aromatic rings. The van der Waals surface area contributed by atoms with Gasteiger partial charge in [-0.1, -0.05) is 61.9 Å². The zero-order valence-corrected chi connectivity index (χ0v) is 20.2. The highest BCUT2D eigenvalue weighted by atomic mass is 32.5. The highest BCUT2D eigenvalue weighted by Crippen LogP contribution is 3.02. The van der Waals surface area contributed by atoms with Crippen molar-refractivity contribution < 1.29 is 47.2 Å². The Kier molecular flexibility index (Phi) is 5.18. The van der Waals surface area contributed by atoms with E-state index in [-0.39, 0.29) is 55.0 Å². The van der Waals surface area contributed by atoms with Crippen LogP contribution in [0.4, 0.5) is 38.3 Å². The van der Waals surface area contributed by atoms with Crippen LogP contribution in [0.15, 0.2) is 65.6 Å². The molecule has 3 aromatic carbocycles. The van der Waals surface area contributed by atoms with Crippen LogP contribution >= 0.6 is 10.2 Å². The number of nitrogens with one attached hydrogen (secondary N) is 1. The molecular formula is C25H21F8NO3S. The van der Waals surface area contributed by atoms with Crippen LogP contribution in [0.25, 0.3) is 10.8 Å². The van der Waals surface area contributed by atoms with Crippen molar-refractivity contribution in [3.63, 3.8) is 0 Å². The van der Waals surface area contributed by atoms with E-state index >= 15 is 0 Å². The lowest BCUT2D eigenvalue weighted by Crippen LogP contribution is -2.74. The molecule has 1 atom stereocenters. The standard InChI is InChI=1S/C25H21F8NO3S/c26-25(27,28)24-12-23(13-24,14-24)21(22(35)36)34-19-10-7-16-3-1-2-4-18(16)20(19)37-11-15-5-8-17(9-6-15)38(29,30,31,32)33/h1-10,21,34H,11-14H2,(H,35,36)/t21-,23?,24?/m1/s1. The normalized spacial score (nSPS) is 25.4. The molecule has 13 heteroatoms. The number of hydrogen-bond acceptors (Lipinski definition) is 3. The average molecular weight is 567 g/mol. The second kappa shape index (κ2) is 7.45. The Labute approximate surface area is 211 Å². The summed E-state index contributed by atoms with van der Waals surface area (Å²) in [6.45, 7) is -0.344. The zero-order valence-electron chi connectivity index (χ0n) is 19.4. The van der Waals surface area contributed by atoms with E-state index in [2.05, 4.69) is 5.32 Å². The smallest absolute Gasteiger partial charge is 0.394 e. The van der Waals surface area contributed by atoms with E-state index in [0.29, 0.717) is 10.8 Å². The van der Waals surface area contributed by atoms with Gasteiger partial charge in [0, 0.05) is 10.8 Å². The first-order valence-electron chi connectivity index (χ1n) is 11.4. The van der Waals surface area contributed by atoms with Gasteiger partial charge in [-0.3, -0.25) is 0 Å². The SMILES string of the molecule is O=C(O)[C@@H](Nc1ccc2ccccc2c1OCc1ccc(S(F)(F)(F)(F)F)cc1)C12CC(C(F)(F)F)(C1)C2. The minimum absolute atomic E-state index is 0.128. The number of carbonyl (C=O) groups is 1. The van der Waals surface area contributed by atoms with Crippen LogP contribution in [-0.4, -0.2) is 23.3 Å². The van der Waals surface area contributed by atoms with Gasteiger partial charge in [-0.05, 0) is 48.4 Å². The van der Waals surface area contributed by atoms with Crippen LogP contribution in [0.5, 0.6) is 5.75 Å². The van der Waals surface area contributed by atoms with E-state index in [4.69, 9.17) is 4.74 Å². The molecule has 0 aliphatic heterocycles. The Hall–Kier alpha value is -3.22. The van der Waals surface area contributed by atoms with E-state index < -0.39 is 44.1 Å². The van der Waals surface area contributed by atoms with Gasteiger partial charge in [-0.15, -0.1) is 0 Å². The number of fused-ring (bicyclic) bond motifs is 1. The molecule has 206 valence electrons. The number of carboxylic acid groups (broad SMARTS) is 1. The molecule has 2 N–H and O–H groups in total. The summed E-state index contributed by atoms with van der Waals surface area (Å²) in [6, 6.07) is 10.9. The molecule has 0 radical (unpaired) electrons. The van der Waals surface area contributed by atoms with Crippen molar-refractivity contribution in [2.24, 2.45) is 10.8 Å². The fraction of sp³-hybridized carbons (Fsp3) is 0.320. The van der Waals surface area contributed by atoms with E-state index in [1.807, 2.05) is 0 Å². The zero-order chi connectivity index (χ0) is 27.8. The van der Waals surface area contributed by atoms with Gasteiger partial charge in [0.1, 0.15) is 17.5 Å². The summed E-state index contributed by atoms with van der Waals surface area (Å²) in [4.78, 5) is 10.1. The Bertz CT molecular complexity index is 1420. The fourth-order valence-electron chi connectivity index (χ4n) is 5.62. The van der Waals surface area contributed by atoms with Crippen molar-refractivity contribution in [2.75, 3.05) is 5.32 Å². The Morgan fingerprint density at radius 2 is 1.55 bits per heavy atom. The van der Waals surface area contributed by atoms with Crippen LogP contribution < -0.4 is 10.1 Å². The molecule has 38 heavy (non-hydrogen) atoms. The number of carboxylic acids is 1. The van der Waals surface area contributed by atoms with Crippen molar-refractivity contribution in [3.05, 3.63) is 66.2 Å². The summed E-state index contributed by atoms with van der Waals surface area (Å²) >= 11 is 0. The average Bonchev–Trinajstić information content (AvgIpc) is 2.73. The Balaban J connectivity index is 1.42. The van der Waals surface area contributed by atoms with E-state index in [1.54, 1.807) is 30.3 Å². The quantitative estimate of drug-likeness (QED) is 0.268. The van der Waals surface area contributed by atoms with Gasteiger partial charge >= 0.3 is 22.4 Å². The second-order valence-electron chi connectivity index (χ2n) is 10.2. The second-order valence-corrected chi connectivity index (χ2v) is 12.6. The van der Waals surface area contributed by atoms with Crippen molar-refractivity contribution >= 4 is 32.7 Å². The van der Waals surface area contributed by atoms with Gasteiger partial charge in [0.15, 0.2) is 5.75 Å². The van der Waals surface area contributed by atoms with E-state index in [9.17, 15) is 42.5 Å². The maximum atomic E-state index is 13.3. The lowest BCUT2D eigenvalue weighted by molar-refractivity contribution is -0.364.